The van der Waals surface area contributed by atoms with Gasteiger partial charge in [-0.3, -0.25) is 10.1 Å². The molecule has 4 nitrogen and oxygen atoms in total. The second kappa shape index (κ2) is 4.88. The van der Waals surface area contributed by atoms with Gasteiger partial charge in [-0.15, -0.1) is 0 Å². The fourth-order valence-electron chi connectivity index (χ4n) is 3.17. The van der Waals surface area contributed by atoms with Gasteiger partial charge in [0.1, 0.15) is 5.69 Å². The maximum atomic E-state index is 11.2. The quantitative estimate of drug-likeness (QED) is 0.673. The number of nitro benzene ring substituents is 1. The monoisotopic (exact) mass is 282 g/mol. The van der Waals surface area contributed by atoms with Crippen LogP contribution in [0.5, 0.6) is 0 Å². The number of anilines is 1. The molecule has 1 aliphatic rings. The molecule has 1 unspecified atom stereocenters. The predicted octanol–water partition coefficient (Wildman–Crippen LogP) is 4.33. The fourth-order valence-corrected chi connectivity index (χ4v) is 3.17. The summed E-state index contributed by atoms with van der Waals surface area (Å²) in [7, 11) is 0. The van der Waals surface area contributed by atoms with Crippen molar-refractivity contribution >= 4 is 11.4 Å². The Balaban J connectivity index is 2.00. The topological polar surface area (TPSA) is 55.2 Å². The first-order valence-corrected chi connectivity index (χ1v) is 7.07. The van der Waals surface area contributed by atoms with Crippen LogP contribution in [0.25, 0.3) is 0 Å². The molecular formula is C17H18N2O2. The van der Waals surface area contributed by atoms with E-state index in [-0.39, 0.29) is 22.1 Å². The Hall–Kier alpha value is -2.36. The van der Waals surface area contributed by atoms with Crippen molar-refractivity contribution in [2.75, 3.05) is 5.32 Å². The van der Waals surface area contributed by atoms with E-state index in [4.69, 9.17) is 0 Å². The average molecular weight is 282 g/mol. The summed E-state index contributed by atoms with van der Waals surface area (Å²) < 4.78 is 0. The molecule has 0 aromatic heterocycles. The molecule has 2 aromatic carbocycles. The number of fused-ring (bicyclic) bond motifs is 1. The van der Waals surface area contributed by atoms with Crippen molar-refractivity contribution in [2.24, 2.45) is 5.41 Å². The van der Waals surface area contributed by atoms with E-state index in [9.17, 15) is 10.1 Å². The summed E-state index contributed by atoms with van der Waals surface area (Å²) in [6.45, 7) is 4.39. The van der Waals surface area contributed by atoms with Crippen molar-refractivity contribution in [3.05, 3.63) is 69.8 Å². The second-order valence-electron chi connectivity index (χ2n) is 6.22. The highest BCUT2D eigenvalue weighted by Crippen LogP contribution is 2.47. The highest BCUT2D eigenvalue weighted by atomic mass is 16.6. The maximum Gasteiger partial charge on any atom is 0.292 e. The molecule has 0 bridgehead atoms. The summed E-state index contributed by atoms with van der Waals surface area (Å²) in [5.41, 5.74) is 3.28. The average Bonchev–Trinajstić information content (AvgIpc) is 2.70. The van der Waals surface area contributed by atoms with Crippen molar-refractivity contribution in [3.63, 3.8) is 0 Å². The zero-order chi connectivity index (χ0) is 15.0. The molecule has 0 spiro atoms. The highest BCUT2D eigenvalue weighted by Gasteiger charge is 2.39. The molecule has 0 saturated carbocycles. The summed E-state index contributed by atoms with van der Waals surface area (Å²) in [5.74, 6) is 0. The van der Waals surface area contributed by atoms with Crippen LogP contribution in [0, 0.1) is 15.5 Å². The minimum absolute atomic E-state index is 0.0212. The minimum Gasteiger partial charge on any atom is -0.372 e. The van der Waals surface area contributed by atoms with E-state index in [2.05, 4.69) is 31.3 Å². The van der Waals surface area contributed by atoms with Crippen LogP contribution in [0.1, 0.15) is 31.0 Å². The van der Waals surface area contributed by atoms with Crippen LogP contribution in [0.3, 0.4) is 0 Å². The fraction of sp³-hybridized carbons (Fsp3) is 0.294. The molecule has 0 saturated heterocycles. The number of para-hydroxylation sites is 2. The van der Waals surface area contributed by atoms with Gasteiger partial charge in [0.05, 0.1) is 11.0 Å². The molecule has 3 rings (SSSR count). The lowest BCUT2D eigenvalue weighted by Gasteiger charge is -2.29. The van der Waals surface area contributed by atoms with Crippen LogP contribution in [-0.4, -0.2) is 4.92 Å². The Kier molecular flexibility index (Phi) is 3.16. The number of hydrogen-bond acceptors (Lipinski definition) is 3. The number of rotatable bonds is 3. The van der Waals surface area contributed by atoms with Crippen LogP contribution in [-0.2, 0) is 6.42 Å². The summed E-state index contributed by atoms with van der Waals surface area (Å²) >= 11 is 0. The number of nitrogens with one attached hydrogen (secondary N) is 1. The summed E-state index contributed by atoms with van der Waals surface area (Å²) in [6, 6.07) is 15.2. The van der Waals surface area contributed by atoms with E-state index in [1.807, 2.05) is 18.2 Å². The molecule has 0 radical (unpaired) electrons. The molecule has 1 aliphatic carbocycles. The molecule has 0 fully saturated rings. The van der Waals surface area contributed by atoms with Crippen LogP contribution in [0.2, 0.25) is 0 Å². The Labute approximate surface area is 124 Å². The summed E-state index contributed by atoms with van der Waals surface area (Å²) in [5, 5.41) is 14.6. The van der Waals surface area contributed by atoms with Gasteiger partial charge in [0.15, 0.2) is 0 Å². The molecule has 108 valence electrons. The lowest BCUT2D eigenvalue weighted by atomic mass is 9.85. The number of nitro groups is 1. The van der Waals surface area contributed by atoms with Gasteiger partial charge in [0.25, 0.3) is 5.69 Å². The summed E-state index contributed by atoms with van der Waals surface area (Å²) in [4.78, 5) is 10.8. The lowest BCUT2D eigenvalue weighted by molar-refractivity contribution is -0.384. The van der Waals surface area contributed by atoms with Gasteiger partial charge >= 0.3 is 0 Å². The predicted molar refractivity (Wildman–Crippen MR) is 83.4 cm³/mol. The van der Waals surface area contributed by atoms with Gasteiger partial charge in [-0.25, -0.2) is 0 Å². The third-order valence-electron chi connectivity index (χ3n) is 4.19. The largest absolute Gasteiger partial charge is 0.372 e. The van der Waals surface area contributed by atoms with Gasteiger partial charge in [-0.05, 0) is 29.0 Å². The normalized spacial score (nSPS) is 19.0. The third-order valence-corrected chi connectivity index (χ3v) is 4.19. The Morgan fingerprint density at radius 3 is 2.57 bits per heavy atom. The third kappa shape index (κ3) is 2.37. The molecule has 0 heterocycles. The molecule has 0 amide bonds. The van der Waals surface area contributed by atoms with E-state index >= 15 is 0 Å². The summed E-state index contributed by atoms with van der Waals surface area (Å²) in [6.07, 6.45) is 0.974. The zero-order valence-electron chi connectivity index (χ0n) is 12.2. The Morgan fingerprint density at radius 2 is 1.81 bits per heavy atom. The number of benzene rings is 2. The van der Waals surface area contributed by atoms with E-state index in [1.54, 1.807) is 12.1 Å². The zero-order valence-corrected chi connectivity index (χ0v) is 12.2. The van der Waals surface area contributed by atoms with E-state index < -0.39 is 0 Å². The first-order valence-electron chi connectivity index (χ1n) is 7.07. The van der Waals surface area contributed by atoms with E-state index in [1.165, 1.54) is 17.2 Å². The molecule has 1 N–H and O–H groups in total. The molecule has 4 heteroatoms. The van der Waals surface area contributed by atoms with Crippen LogP contribution < -0.4 is 5.32 Å². The molecule has 21 heavy (non-hydrogen) atoms. The molecule has 2 aromatic rings. The Bertz CT molecular complexity index is 695. The van der Waals surface area contributed by atoms with Gasteiger partial charge in [0.2, 0.25) is 0 Å². The van der Waals surface area contributed by atoms with Crippen molar-refractivity contribution < 1.29 is 4.92 Å². The first kappa shape index (κ1) is 13.6. The van der Waals surface area contributed by atoms with Gasteiger partial charge < -0.3 is 5.32 Å². The van der Waals surface area contributed by atoms with Crippen molar-refractivity contribution in [3.8, 4) is 0 Å². The maximum absolute atomic E-state index is 11.2. The van der Waals surface area contributed by atoms with Crippen molar-refractivity contribution in [1.82, 2.24) is 0 Å². The van der Waals surface area contributed by atoms with Gasteiger partial charge in [-0.2, -0.15) is 0 Å². The SMILES string of the molecule is CC1(C)Cc2ccccc2C1Nc1ccccc1[N+](=O)[O-]. The standard InChI is InChI=1S/C17H18N2O2/c1-17(2)11-12-7-3-4-8-13(12)16(17)18-14-9-5-6-10-15(14)19(20)21/h3-10,16,18H,11H2,1-2H3. The molecular weight excluding hydrogens is 264 g/mol. The van der Waals surface area contributed by atoms with Crippen LogP contribution in [0.15, 0.2) is 48.5 Å². The van der Waals surface area contributed by atoms with E-state index in [0.717, 1.165) is 6.42 Å². The smallest absolute Gasteiger partial charge is 0.292 e. The minimum atomic E-state index is -0.337. The second-order valence-corrected chi connectivity index (χ2v) is 6.22. The van der Waals surface area contributed by atoms with Crippen molar-refractivity contribution in [2.45, 2.75) is 26.3 Å². The number of nitrogens with zero attached hydrogens (tertiary/aromatic N) is 1. The van der Waals surface area contributed by atoms with Gasteiger partial charge in [0, 0.05) is 6.07 Å². The van der Waals surface area contributed by atoms with Gasteiger partial charge in [-0.1, -0.05) is 50.2 Å². The molecule has 0 aliphatic heterocycles. The first-order chi connectivity index (χ1) is 9.99. The van der Waals surface area contributed by atoms with Crippen LogP contribution in [0.4, 0.5) is 11.4 Å². The lowest BCUT2D eigenvalue weighted by Crippen LogP contribution is -2.24. The Morgan fingerprint density at radius 1 is 1.14 bits per heavy atom. The van der Waals surface area contributed by atoms with Crippen LogP contribution >= 0.6 is 0 Å². The number of hydrogen-bond donors (Lipinski definition) is 1. The van der Waals surface area contributed by atoms with Crippen molar-refractivity contribution in [1.29, 1.82) is 0 Å². The molecule has 1 atom stereocenters. The van der Waals surface area contributed by atoms with E-state index in [0.29, 0.717) is 5.69 Å². The highest BCUT2D eigenvalue weighted by molar-refractivity contribution is 5.63.